The molecule has 0 amide bonds. The van der Waals surface area contributed by atoms with Gasteiger partial charge in [-0.15, -0.1) is 0 Å². The first kappa shape index (κ1) is 11.6. The van der Waals surface area contributed by atoms with Crippen molar-refractivity contribution < 1.29 is 12.7 Å². The molecule has 3 nitrogen and oxygen atoms in total. The number of hydrogen-bond acceptors (Lipinski definition) is 3. The Hall–Kier alpha value is 0.531. The fourth-order valence-corrected chi connectivity index (χ4v) is 10.5. The number of rotatable bonds is 0. The zero-order valence-electron chi connectivity index (χ0n) is 8.92. The van der Waals surface area contributed by atoms with Crippen LogP contribution in [-0.4, -0.2) is 33.5 Å². The van der Waals surface area contributed by atoms with Crippen LogP contribution >= 0.6 is 0 Å². The van der Waals surface area contributed by atoms with E-state index in [1.807, 2.05) is 0 Å². The second-order valence-electron chi connectivity index (χ2n) is 3.86. The first-order valence-electron chi connectivity index (χ1n) is 4.80. The minimum atomic E-state index is -1.85. The van der Waals surface area contributed by atoms with Crippen LogP contribution in [0.25, 0.3) is 0 Å². The van der Waals surface area contributed by atoms with Crippen molar-refractivity contribution in [3.8, 4) is 0 Å². The fraction of sp³-hybridized carbons (Fsp3) is 1.00. The highest BCUT2D eigenvalue weighted by Gasteiger charge is 2.31. The Bertz CT molecular complexity index is 149. The molecule has 0 saturated carbocycles. The van der Waals surface area contributed by atoms with Crippen LogP contribution in [0.4, 0.5) is 0 Å². The minimum Gasteiger partial charge on any atom is -0.436 e. The first-order chi connectivity index (χ1) is 5.99. The summed E-state index contributed by atoms with van der Waals surface area (Å²) < 4.78 is 17.5. The maximum atomic E-state index is 6.00. The molecule has 0 aliphatic carbocycles. The van der Waals surface area contributed by atoms with Crippen LogP contribution < -0.4 is 0 Å². The third kappa shape index (κ3) is 4.52. The summed E-state index contributed by atoms with van der Waals surface area (Å²) in [6.07, 6.45) is 1.13. The second-order valence-corrected chi connectivity index (χ2v) is 11.8. The van der Waals surface area contributed by atoms with Gasteiger partial charge >= 0.3 is 17.8 Å². The summed E-state index contributed by atoms with van der Waals surface area (Å²) in [6, 6.07) is 1.19. The Labute approximate surface area is 85.2 Å². The third-order valence-corrected chi connectivity index (χ3v) is 10.6. The van der Waals surface area contributed by atoms with E-state index in [1.165, 1.54) is 6.04 Å². The van der Waals surface area contributed by atoms with Gasteiger partial charge in [-0.3, -0.25) is 0 Å². The van der Waals surface area contributed by atoms with Crippen molar-refractivity contribution in [1.82, 2.24) is 0 Å². The molecule has 77 valence electrons. The van der Waals surface area contributed by atoms with Crippen LogP contribution in [-0.2, 0) is 12.7 Å². The maximum absolute atomic E-state index is 6.00. The molecule has 1 aliphatic heterocycles. The first-order valence-corrected chi connectivity index (χ1v) is 11.8. The summed E-state index contributed by atoms with van der Waals surface area (Å²) in [6.45, 7) is 9.42. The van der Waals surface area contributed by atoms with E-state index in [2.05, 4.69) is 26.2 Å². The van der Waals surface area contributed by atoms with Crippen molar-refractivity contribution >= 4 is 26.9 Å². The van der Waals surface area contributed by atoms with Crippen LogP contribution in [0.1, 0.15) is 6.42 Å². The van der Waals surface area contributed by atoms with Crippen molar-refractivity contribution in [2.24, 2.45) is 0 Å². The Morgan fingerprint density at radius 1 is 1.38 bits per heavy atom. The standard InChI is InChI=1S/C7H19O3Si3/c1-11-7-5-6-8-12(2)10-13(3,4)9-11/h12H,5-7H2,1-4H3. The topological polar surface area (TPSA) is 27.7 Å². The molecule has 1 fully saturated rings. The molecule has 0 spiro atoms. The third-order valence-electron chi connectivity index (χ3n) is 1.90. The Balaban J connectivity index is 2.54. The average molecular weight is 235 g/mol. The van der Waals surface area contributed by atoms with Crippen LogP contribution in [0.15, 0.2) is 0 Å². The van der Waals surface area contributed by atoms with Gasteiger partial charge in [-0.2, -0.15) is 0 Å². The Morgan fingerprint density at radius 3 is 2.77 bits per heavy atom. The highest BCUT2D eigenvalue weighted by Crippen LogP contribution is 2.15. The van der Waals surface area contributed by atoms with Gasteiger partial charge in [0.1, 0.15) is 0 Å². The molecule has 0 aromatic rings. The summed E-state index contributed by atoms with van der Waals surface area (Å²) >= 11 is 0. The lowest BCUT2D eigenvalue weighted by Gasteiger charge is -2.27. The van der Waals surface area contributed by atoms with Crippen LogP contribution in [0.5, 0.6) is 0 Å². The molecule has 0 aromatic carbocycles. The number of hydrogen-bond donors (Lipinski definition) is 0. The lowest BCUT2D eigenvalue weighted by Crippen LogP contribution is -2.43. The van der Waals surface area contributed by atoms with Crippen molar-refractivity contribution in [1.29, 1.82) is 0 Å². The quantitative estimate of drug-likeness (QED) is 0.597. The smallest absolute Gasteiger partial charge is 0.312 e. The Morgan fingerprint density at radius 2 is 2.08 bits per heavy atom. The van der Waals surface area contributed by atoms with Crippen LogP contribution in [0, 0.1) is 0 Å². The molecule has 1 radical (unpaired) electrons. The maximum Gasteiger partial charge on any atom is 0.312 e. The molecule has 6 heteroatoms. The average Bonchev–Trinajstić information content (AvgIpc) is 1.99. The largest absolute Gasteiger partial charge is 0.436 e. The van der Waals surface area contributed by atoms with Gasteiger partial charge in [-0.25, -0.2) is 0 Å². The predicted molar refractivity (Wildman–Crippen MR) is 59.7 cm³/mol. The molecule has 1 saturated heterocycles. The van der Waals surface area contributed by atoms with Gasteiger partial charge in [0.15, 0.2) is 9.04 Å². The minimum absolute atomic E-state index is 0.626. The summed E-state index contributed by atoms with van der Waals surface area (Å²) in [5.74, 6) is 0. The molecule has 0 bridgehead atoms. The van der Waals surface area contributed by atoms with E-state index in [0.29, 0.717) is 0 Å². The van der Waals surface area contributed by atoms with Gasteiger partial charge in [-0.1, -0.05) is 0 Å². The van der Waals surface area contributed by atoms with E-state index >= 15 is 0 Å². The summed E-state index contributed by atoms with van der Waals surface area (Å²) in [5.41, 5.74) is 0. The van der Waals surface area contributed by atoms with Gasteiger partial charge in [0.05, 0.1) is 0 Å². The molecular formula is C7H19O3Si3. The Kier molecular flexibility index (Phi) is 4.33. The van der Waals surface area contributed by atoms with Crippen LogP contribution in [0.3, 0.4) is 0 Å². The van der Waals surface area contributed by atoms with Crippen molar-refractivity contribution in [2.45, 2.75) is 38.7 Å². The van der Waals surface area contributed by atoms with E-state index in [1.54, 1.807) is 0 Å². The monoisotopic (exact) mass is 235 g/mol. The van der Waals surface area contributed by atoms with Gasteiger partial charge in [-0.05, 0) is 38.7 Å². The van der Waals surface area contributed by atoms with Crippen LogP contribution in [0.2, 0.25) is 32.2 Å². The normalized spacial score (nSPS) is 31.8. The summed E-state index contributed by atoms with van der Waals surface area (Å²) in [5, 5.41) is 0. The lowest BCUT2D eigenvalue weighted by molar-refractivity contribution is 0.260. The zero-order valence-corrected chi connectivity index (χ0v) is 12.1. The fourth-order valence-electron chi connectivity index (χ4n) is 1.50. The molecule has 13 heavy (non-hydrogen) atoms. The zero-order chi connectivity index (χ0) is 9.90. The molecule has 1 atom stereocenters. The van der Waals surface area contributed by atoms with E-state index in [0.717, 1.165) is 13.0 Å². The molecule has 1 heterocycles. The van der Waals surface area contributed by atoms with Gasteiger partial charge in [0.25, 0.3) is 0 Å². The molecular weight excluding hydrogens is 216 g/mol. The van der Waals surface area contributed by atoms with E-state index in [4.69, 9.17) is 12.7 Å². The van der Waals surface area contributed by atoms with Crippen molar-refractivity contribution in [3.63, 3.8) is 0 Å². The van der Waals surface area contributed by atoms with Gasteiger partial charge in [0, 0.05) is 6.61 Å². The van der Waals surface area contributed by atoms with E-state index in [9.17, 15) is 0 Å². The summed E-state index contributed by atoms with van der Waals surface area (Å²) in [7, 11) is -3.87. The van der Waals surface area contributed by atoms with Crippen molar-refractivity contribution in [2.75, 3.05) is 6.61 Å². The highest BCUT2D eigenvalue weighted by atomic mass is 28.5. The molecule has 0 N–H and O–H groups in total. The SMILES string of the molecule is C[Si]1CCCO[SiH](C)O[Si](C)(C)O1. The molecule has 1 aliphatic rings. The summed E-state index contributed by atoms with van der Waals surface area (Å²) in [4.78, 5) is 0. The molecule has 1 unspecified atom stereocenters. The predicted octanol–water partition coefficient (Wildman–Crippen LogP) is 1.61. The highest BCUT2D eigenvalue weighted by molar-refractivity contribution is 6.77. The van der Waals surface area contributed by atoms with Gasteiger partial charge < -0.3 is 12.7 Å². The second kappa shape index (κ2) is 4.85. The van der Waals surface area contributed by atoms with Crippen molar-refractivity contribution in [3.05, 3.63) is 0 Å². The lowest BCUT2D eigenvalue weighted by atomic mass is 10.5. The molecule has 0 aromatic heterocycles. The van der Waals surface area contributed by atoms with E-state index in [-0.39, 0.29) is 0 Å². The van der Waals surface area contributed by atoms with E-state index < -0.39 is 26.9 Å². The molecule has 1 rings (SSSR count). The van der Waals surface area contributed by atoms with Gasteiger partial charge in [0.2, 0.25) is 0 Å².